The zero-order valence-electron chi connectivity index (χ0n) is 18.0. The predicted molar refractivity (Wildman–Crippen MR) is 121 cm³/mol. The fraction of sp³-hybridized carbons (Fsp3) is 0.455. The van der Waals surface area contributed by atoms with Crippen LogP contribution in [0.15, 0.2) is 23.4 Å². The molecule has 2 aliphatic heterocycles. The first kappa shape index (κ1) is 21.4. The number of hydrogen-bond acceptors (Lipinski definition) is 8. The maximum atomic E-state index is 12.5. The van der Waals surface area contributed by atoms with Crippen molar-refractivity contribution in [1.82, 2.24) is 19.9 Å². The number of aryl methyl sites for hydroxylation is 1. The fourth-order valence-electron chi connectivity index (χ4n) is 3.53. The van der Waals surface area contributed by atoms with E-state index in [1.165, 1.54) is 0 Å². The molecule has 9 heteroatoms. The summed E-state index contributed by atoms with van der Waals surface area (Å²) in [5.74, 6) is 8.24. The van der Waals surface area contributed by atoms with Crippen LogP contribution < -0.4 is 10.2 Å². The van der Waals surface area contributed by atoms with Crippen molar-refractivity contribution in [3.05, 3.63) is 35.6 Å². The van der Waals surface area contributed by atoms with E-state index in [0.29, 0.717) is 35.4 Å². The Morgan fingerprint density at radius 2 is 2.03 bits per heavy atom. The molecular weight excluding hydrogens is 412 g/mol. The molecule has 4 heterocycles. The smallest absolute Gasteiger partial charge is 0.227 e. The lowest BCUT2D eigenvalue weighted by Gasteiger charge is -2.29. The van der Waals surface area contributed by atoms with Crippen LogP contribution in [0.4, 0.5) is 11.8 Å². The number of nitrogens with zero attached hydrogens (tertiary/aromatic N) is 5. The molecule has 2 aromatic rings. The minimum absolute atomic E-state index is 0.0633. The lowest BCUT2D eigenvalue weighted by atomic mass is 10.1. The Kier molecular flexibility index (Phi) is 6.03. The number of rotatable bonds is 5. The minimum Gasteiger partial charge on any atom is -0.394 e. The Labute approximate surface area is 184 Å². The number of aliphatic hydroxyl groups is 1. The summed E-state index contributed by atoms with van der Waals surface area (Å²) in [6.45, 7) is 6.86. The van der Waals surface area contributed by atoms with Gasteiger partial charge in [-0.05, 0) is 32.8 Å². The first-order chi connectivity index (χ1) is 14.9. The lowest BCUT2D eigenvalue weighted by molar-refractivity contribution is 0.233. The number of hydrogen-bond donors (Lipinski definition) is 2. The molecule has 0 radical (unpaired) electrons. The van der Waals surface area contributed by atoms with Crippen LogP contribution in [-0.2, 0) is 17.2 Å². The van der Waals surface area contributed by atoms with Gasteiger partial charge in [-0.15, -0.1) is 5.92 Å². The standard InChI is InChI=1S/C22H26N6O2S/c1-4-5-15-12-23-19(24-13-15)16-6-9-28(10-7-16)21-25-17-8-11-31(30)18(17)20(26-21)27-22(2,3)14-29/h6,12-13,29H,7-11,14H2,1-3H3,(H,25,26,27). The maximum Gasteiger partial charge on any atom is 0.227 e. The highest BCUT2D eigenvalue weighted by molar-refractivity contribution is 7.85. The van der Waals surface area contributed by atoms with Crippen LogP contribution in [0, 0.1) is 11.8 Å². The van der Waals surface area contributed by atoms with Crippen LogP contribution in [-0.4, -0.2) is 60.2 Å². The van der Waals surface area contributed by atoms with Crippen LogP contribution in [0.1, 0.15) is 44.3 Å². The second-order valence-corrected chi connectivity index (χ2v) is 9.72. The van der Waals surface area contributed by atoms with Crippen LogP contribution in [0.3, 0.4) is 0 Å². The molecule has 2 aliphatic rings. The van der Waals surface area contributed by atoms with E-state index in [0.717, 1.165) is 35.6 Å². The van der Waals surface area contributed by atoms with Gasteiger partial charge in [0.05, 0.1) is 34.2 Å². The van der Waals surface area contributed by atoms with E-state index in [-0.39, 0.29) is 6.61 Å². The summed E-state index contributed by atoms with van der Waals surface area (Å²) in [5.41, 5.74) is 2.14. The molecule has 0 amide bonds. The van der Waals surface area contributed by atoms with Crippen molar-refractivity contribution >= 4 is 28.1 Å². The third-order valence-corrected chi connectivity index (χ3v) is 6.69. The normalized spacial score (nSPS) is 18.1. The van der Waals surface area contributed by atoms with Gasteiger partial charge in [-0.1, -0.05) is 12.0 Å². The molecule has 1 atom stereocenters. The maximum absolute atomic E-state index is 12.5. The first-order valence-corrected chi connectivity index (χ1v) is 11.6. The highest BCUT2D eigenvalue weighted by atomic mass is 32.2. The van der Waals surface area contributed by atoms with Crippen molar-refractivity contribution in [2.24, 2.45) is 0 Å². The van der Waals surface area contributed by atoms with E-state index < -0.39 is 16.3 Å². The molecular formula is C22H26N6O2S. The lowest BCUT2D eigenvalue weighted by Crippen LogP contribution is -2.36. The van der Waals surface area contributed by atoms with Crippen molar-refractivity contribution in [2.45, 2.75) is 44.0 Å². The van der Waals surface area contributed by atoms with Gasteiger partial charge in [-0.3, -0.25) is 4.21 Å². The molecule has 0 spiro atoms. The van der Waals surface area contributed by atoms with Gasteiger partial charge in [-0.2, -0.15) is 4.98 Å². The number of anilines is 2. The number of fused-ring (bicyclic) bond motifs is 1. The van der Waals surface area contributed by atoms with E-state index in [9.17, 15) is 9.32 Å². The molecule has 162 valence electrons. The first-order valence-electron chi connectivity index (χ1n) is 10.3. The molecule has 2 aromatic heterocycles. The Balaban J connectivity index is 1.58. The van der Waals surface area contributed by atoms with E-state index in [2.05, 4.69) is 38.1 Å². The fourth-order valence-corrected chi connectivity index (χ4v) is 4.83. The second-order valence-electron chi connectivity index (χ2n) is 8.21. The van der Waals surface area contributed by atoms with Gasteiger partial charge < -0.3 is 15.3 Å². The summed E-state index contributed by atoms with van der Waals surface area (Å²) in [6, 6.07) is 0. The SMILES string of the molecule is CC#Cc1cnc(C2=CCN(c3nc4c(c(NC(C)(C)CO)n3)S(=O)CC4)CC2)nc1. The molecule has 0 saturated heterocycles. The zero-order valence-corrected chi connectivity index (χ0v) is 18.8. The van der Waals surface area contributed by atoms with E-state index in [4.69, 9.17) is 9.97 Å². The number of aliphatic hydroxyl groups excluding tert-OH is 1. The van der Waals surface area contributed by atoms with Gasteiger partial charge in [0.25, 0.3) is 0 Å². The van der Waals surface area contributed by atoms with E-state index >= 15 is 0 Å². The predicted octanol–water partition coefficient (Wildman–Crippen LogP) is 1.78. The summed E-state index contributed by atoms with van der Waals surface area (Å²) >= 11 is 0. The van der Waals surface area contributed by atoms with Crippen molar-refractivity contribution < 1.29 is 9.32 Å². The average molecular weight is 439 g/mol. The van der Waals surface area contributed by atoms with E-state index in [1.807, 2.05) is 13.8 Å². The van der Waals surface area contributed by atoms with Crippen LogP contribution in [0.2, 0.25) is 0 Å². The summed E-state index contributed by atoms with van der Waals surface area (Å²) in [7, 11) is -1.12. The number of aromatic nitrogens is 4. The minimum atomic E-state index is -1.12. The Hall–Kier alpha value is -2.83. The molecule has 2 N–H and O–H groups in total. The average Bonchev–Trinajstić information content (AvgIpc) is 3.15. The third-order valence-electron chi connectivity index (χ3n) is 5.23. The zero-order chi connectivity index (χ0) is 22.0. The Morgan fingerprint density at radius 3 is 2.68 bits per heavy atom. The third kappa shape index (κ3) is 4.60. The van der Waals surface area contributed by atoms with Gasteiger partial charge in [0.2, 0.25) is 5.95 Å². The molecule has 0 bridgehead atoms. The molecule has 0 fully saturated rings. The summed E-state index contributed by atoms with van der Waals surface area (Å²) in [5, 5.41) is 12.9. The highest BCUT2D eigenvalue weighted by Crippen LogP contribution is 2.32. The molecule has 0 aliphatic carbocycles. The molecule has 0 aromatic carbocycles. The van der Waals surface area contributed by atoms with Crippen molar-refractivity contribution in [3.8, 4) is 11.8 Å². The molecule has 8 nitrogen and oxygen atoms in total. The Bertz CT molecular complexity index is 1100. The van der Waals surface area contributed by atoms with Gasteiger partial charge in [0.1, 0.15) is 10.7 Å². The summed E-state index contributed by atoms with van der Waals surface area (Å²) in [6.07, 6.45) is 7.04. The second kappa shape index (κ2) is 8.73. The van der Waals surface area contributed by atoms with Gasteiger partial charge >= 0.3 is 0 Å². The van der Waals surface area contributed by atoms with Crippen LogP contribution in [0.25, 0.3) is 5.57 Å². The molecule has 0 saturated carbocycles. The quantitative estimate of drug-likeness (QED) is 0.681. The van der Waals surface area contributed by atoms with Crippen molar-refractivity contribution in [1.29, 1.82) is 0 Å². The largest absolute Gasteiger partial charge is 0.394 e. The molecule has 31 heavy (non-hydrogen) atoms. The Morgan fingerprint density at radius 1 is 1.26 bits per heavy atom. The van der Waals surface area contributed by atoms with Crippen molar-refractivity contribution in [2.75, 3.05) is 35.7 Å². The van der Waals surface area contributed by atoms with Crippen LogP contribution in [0.5, 0.6) is 0 Å². The summed E-state index contributed by atoms with van der Waals surface area (Å²) in [4.78, 5) is 21.1. The van der Waals surface area contributed by atoms with Gasteiger partial charge in [-0.25, -0.2) is 15.0 Å². The topological polar surface area (TPSA) is 104 Å². The van der Waals surface area contributed by atoms with Crippen molar-refractivity contribution in [3.63, 3.8) is 0 Å². The molecule has 4 rings (SSSR count). The summed E-state index contributed by atoms with van der Waals surface area (Å²) < 4.78 is 12.5. The highest BCUT2D eigenvalue weighted by Gasteiger charge is 2.30. The van der Waals surface area contributed by atoms with E-state index in [1.54, 1.807) is 19.3 Å². The number of nitrogens with one attached hydrogen (secondary N) is 1. The van der Waals surface area contributed by atoms with Gasteiger partial charge in [0.15, 0.2) is 5.82 Å². The monoisotopic (exact) mass is 438 g/mol. The van der Waals surface area contributed by atoms with Crippen LogP contribution >= 0.6 is 0 Å². The van der Waals surface area contributed by atoms with Gasteiger partial charge in [0, 0.05) is 37.7 Å². The molecule has 1 unspecified atom stereocenters.